The van der Waals surface area contributed by atoms with E-state index in [1.54, 1.807) is 16.2 Å². The van der Waals surface area contributed by atoms with Crippen LogP contribution in [0, 0.1) is 13.8 Å². The molecular formula is C18H21NO3S2. The molecule has 1 saturated heterocycles. The Kier molecular flexibility index (Phi) is 4.78. The van der Waals surface area contributed by atoms with E-state index in [-0.39, 0.29) is 23.5 Å². The SMILES string of the molecule is Cc1ccc(C(=O)N(Cc2sccc2C)[C@H]2CCS(=O)(=O)C2)cc1. The van der Waals surface area contributed by atoms with Crippen molar-refractivity contribution in [1.82, 2.24) is 4.90 Å². The summed E-state index contributed by atoms with van der Waals surface area (Å²) in [4.78, 5) is 15.9. The molecule has 0 unspecified atom stereocenters. The molecule has 1 aromatic carbocycles. The highest BCUT2D eigenvalue weighted by atomic mass is 32.2. The predicted molar refractivity (Wildman–Crippen MR) is 97.2 cm³/mol. The van der Waals surface area contributed by atoms with Gasteiger partial charge < -0.3 is 4.90 Å². The van der Waals surface area contributed by atoms with Crippen LogP contribution in [-0.4, -0.2) is 36.8 Å². The zero-order valence-corrected chi connectivity index (χ0v) is 15.5. The topological polar surface area (TPSA) is 54.5 Å². The highest BCUT2D eigenvalue weighted by Gasteiger charge is 2.35. The molecular weight excluding hydrogens is 342 g/mol. The van der Waals surface area contributed by atoms with E-state index in [0.29, 0.717) is 18.5 Å². The van der Waals surface area contributed by atoms with Gasteiger partial charge in [0.2, 0.25) is 0 Å². The number of benzene rings is 1. The van der Waals surface area contributed by atoms with Crippen LogP contribution < -0.4 is 0 Å². The first-order valence-corrected chi connectivity index (χ1v) is 10.7. The maximum Gasteiger partial charge on any atom is 0.254 e. The van der Waals surface area contributed by atoms with Gasteiger partial charge in [-0.15, -0.1) is 11.3 Å². The zero-order valence-electron chi connectivity index (χ0n) is 13.9. The van der Waals surface area contributed by atoms with Crippen LogP contribution in [0.5, 0.6) is 0 Å². The molecule has 1 atom stereocenters. The van der Waals surface area contributed by atoms with Crippen LogP contribution in [0.4, 0.5) is 0 Å². The van der Waals surface area contributed by atoms with E-state index in [2.05, 4.69) is 0 Å². The molecule has 3 rings (SSSR count). The number of sulfone groups is 1. The molecule has 0 radical (unpaired) electrons. The molecule has 0 saturated carbocycles. The first-order valence-electron chi connectivity index (χ1n) is 7.97. The lowest BCUT2D eigenvalue weighted by Crippen LogP contribution is -2.40. The van der Waals surface area contributed by atoms with Gasteiger partial charge in [0.25, 0.3) is 5.91 Å². The Labute approximate surface area is 147 Å². The van der Waals surface area contributed by atoms with Crippen LogP contribution in [0.3, 0.4) is 0 Å². The predicted octanol–water partition coefficient (Wildman–Crippen LogP) is 3.19. The van der Waals surface area contributed by atoms with Crippen LogP contribution in [0.1, 0.15) is 32.8 Å². The second kappa shape index (κ2) is 6.69. The maximum atomic E-state index is 13.0. The van der Waals surface area contributed by atoms with Gasteiger partial charge in [-0.05, 0) is 49.4 Å². The van der Waals surface area contributed by atoms with Crippen molar-refractivity contribution in [2.24, 2.45) is 0 Å². The van der Waals surface area contributed by atoms with E-state index >= 15 is 0 Å². The molecule has 4 nitrogen and oxygen atoms in total. The molecule has 24 heavy (non-hydrogen) atoms. The van der Waals surface area contributed by atoms with Crippen molar-refractivity contribution in [3.63, 3.8) is 0 Å². The molecule has 1 aliphatic heterocycles. The highest BCUT2D eigenvalue weighted by Crippen LogP contribution is 2.25. The van der Waals surface area contributed by atoms with Crippen LogP contribution in [0.15, 0.2) is 35.7 Å². The Balaban J connectivity index is 1.90. The smallest absolute Gasteiger partial charge is 0.254 e. The summed E-state index contributed by atoms with van der Waals surface area (Å²) in [5.41, 5.74) is 2.84. The summed E-state index contributed by atoms with van der Waals surface area (Å²) < 4.78 is 23.8. The normalized spacial score (nSPS) is 19.3. The van der Waals surface area contributed by atoms with Gasteiger partial charge in [0.05, 0.1) is 18.1 Å². The molecule has 128 valence electrons. The molecule has 0 bridgehead atoms. The second-order valence-electron chi connectivity index (χ2n) is 6.38. The van der Waals surface area contributed by atoms with Crippen molar-refractivity contribution in [1.29, 1.82) is 0 Å². The summed E-state index contributed by atoms with van der Waals surface area (Å²) in [5.74, 6) is 0.137. The molecule has 0 N–H and O–H groups in total. The van der Waals surface area contributed by atoms with Crippen molar-refractivity contribution in [3.05, 3.63) is 57.3 Å². The lowest BCUT2D eigenvalue weighted by Gasteiger charge is -2.28. The Morgan fingerprint density at radius 2 is 1.92 bits per heavy atom. The monoisotopic (exact) mass is 363 g/mol. The van der Waals surface area contributed by atoms with E-state index in [1.165, 1.54) is 0 Å². The summed E-state index contributed by atoms with van der Waals surface area (Å²) in [6.45, 7) is 4.47. The van der Waals surface area contributed by atoms with Crippen LogP contribution in [0.25, 0.3) is 0 Å². The number of amides is 1. The van der Waals surface area contributed by atoms with Gasteiger partial charge >= 0.3 is 0 Å². The number of aryl methyl sites for hydroxylation is 2. The van der Waals surface area contributed by atoms with Gasteiger partial charge in [-0.3, -0.25) is 4.79 Å². The highest BCUT2D eigenvalue weighted by molar-refractivity contribution is 7.91. The Morgan fingerprint density at radius 3 is 2.46 bits per heavy atom. The van der Waals surface area contributed by atoms with Crippen molar-refractivity contribution in [2.75, 3.05) is 11.5 Å². The van der Waals surface area contributed by atoms with E-state index in [1.807, 2.05) is 49.6 Å². The first-order chi connectivity index (χ1) is 11.4. The summed E-state index contributed by atoms with van der Waals surface area (Å²) in [6.07, 6.45) is 0.518. The fourth-order valence-corrected chi connectivity index (χ4v) is 5.61. The van der Waals surface area contributed by atoms with Gasteiger partial charge in [-0.2, -0.15) is 0 Å². The number of carbonyl (C=O) groups excluding carboxylic acids is 1. The third-order valence-corrected chi connectivity index (χ3v) is 7.25. The number of rotatable bonds is 4. The third kappa shape index (κ3) is 3.70. The molecule has 1 amide bonds. The lowest BCUT2D eigenvalue weighted by atomic mass is 10.1. The molecule has 1 aliphatic rings. The van der Waals surface area contributed by atoms with Crippen LogP contribution >= 0.6 is 11.3 Å². The van der Waals surface area contributed by atoms with Gasteiger partial charge in [-0.1, -0.05) is 17.7 Å². The molecule has 6 heteroatoms. The minimum absolute atomic E-state index is 0.0645. The van der Waals surface area contributed by atoms with Crippen molar-refractivity contribution >= 4 is 27.1 Å². The Morgan fingerprint density at radius 1 is 1.21 bits per heavy atom. The summed E-state index contributed by atoms with van der Waals surface area (Å²) in [7, 11) is -3.04. The molecule has 2 aromatic rings. The zero-order chi connectivity index (χ0) is 17.3. The average Bonchev–Trinajstić information content (AvgIpc) is 3.10. The summed E-state index contributed by atoms with van der Waals surface area (Å²) in [6, 6.07) is 9.23. The molecule has 2 heterocycles. The fraction of sp³-hybridized carbons (Fsp3) is 0.389. The van der Waals surface area contributed by atoms with E-state index < -0.39 is 9.84 Å². The molecule has 1 aromatic heterocycles. The van der Waals surface area contributed by atoms with Crippen molar-refractivity contribution < 1.29 is 13.2 Å². The summed E-state index contributed by atoms with van der Waals surface area (Å²) in [5, 5.41) is 2.00. The molecule has 0 spiro atoms. The van der Waals surface area contributed by atoms with E-state index in [9.17, 15) is 13.2 Å². The van der Waals surface area contributed by atoms with Gasteiger partial charge in [0.15, 0.2) is 9.84 Å². The number of nitrogens with zero attached hydrogens (tertiary/aromatic N) is 1. The van der Waals surface area contributed by atoms with Crippen LogP contribution in [0.2, 0.25) is 0 Å². The Hall–Kier alpha value is -1.66. The van der Waals surface area contributed by atoms with Crippen molar-refractivity contribution in [3.8, 4) is 0 Å². The minimum atomic E-state index is -3.04. The third-order valence-electron chi connectivity index (χ3n) is 4.49. The van der Waals surface area contributed by atoms with Gasteiger partial charge in [0.1, 0.15) is 0 Å². The Bertz CT molecular complexity index is 837. The van der Waals surface area contributed by atoms with Gasteiger partial charge in [0, 0.05) is 16.5 Å². The number of hydrogen-bond acceptors (Lipinski definition) is 4. The largest absolute Gasteiger partial charge is 0.329 e. The molecule has 1 fully saturated rings. The van der Waals surface area contributed by atoms with Gasteiger partial charge in [-0.25, -0.2) is 8.42 Å². The fourth-order valence-electron chi connectivity index (χ4n) is 2.97. The average molecular weight is 364 g/mol. The van der Waals surface area contributed by atoms with E-state index in [4.69, 9.17) is 0 Å². The second-order valence-corrected chi connectivity index (χ2v) is 9.61. The number of carbonyl (C=O) groups is 1. The lowest BCUT2D eigenvalue weighted by molar-refractivity contribution is 0.0683. The molecule has 0 aliphatic carbocycles. The number of thiophene rings is 1. The first kappa shape index (κ1) is 17.2. The van der Waals surface area contributed by atoms with Crippen molar-refractivity contribution in [2.45, 2.75) is 32.9 Å². The van der Waals surface area contributed by atoms with Crippen LogP contribution in [-0.2, 0) is 16.4 Å². The van der Waals surface area contributed by atoms with E-state index in [0.717, 1.165) is 16.0 Å². The minimum Gasteiger partial charge on any atom is -0.329 e. The summed E-state index contributed by atoms with van der Waals surface area (Å²) >= 11 is 1.61. The quantitative estimate of drug-likeness (QED) is 0.838. The number of hydrogen-bond donors (Lipinski definition) is 0. The standard InChI is InChI=1S/C18H21NO3S2/c1-13-3-5-15(6-4-13)18(20)19(11-17-14(2)7-9-23-17)16-8-10-24(21,22)12-16/h3-7,9,16H,8,10-12H2,1-2H3/t16-/m0/s1. The maximum absolute atomic E-state index is 13.0.